The molecule has 0 aliphatic carbocycles. The highest BCUT2D eigenvalue weighted by Gasteiger charge is 2.27. The van der Waals surface area contributed by atoms with Gasteiger partial charge in [0.05, 0.1) is 12.2 Å². The minimum Gasteiger partial charge on any atom is -0.299 e. The number of Topliss-reactive ketones (excluding diaryl/α,β-unsaturated/α-hetero) is 2. The number of hydrogen-bond acceptors (Lipinski definition) is 6. The Morgan fingerprint density at radius 1 is 1.17 bits per heavy atom. The second-order valence-corrected chi connectivity index (χ2v) is 5.42. The van der Waals surface area contributed by atoms with Gasteiger partial charge in [-0.1, -0.05) is 23.4 Å². The van der Waals surface area contributed by atoms with Crippen molar-refractivity contribution in [2.75, 3.05) is 0 Å². The van der Waals surface area contributed by atoms with Crippen LogP contribution in [-0.4, -0.2) is 36.5 Å². The van der Waals surface area contributed by atoms with E-state index in [0.29, 0.717) is 11.2 Å². The summed E-state index contributed by atoms with van der Waals surface area (Å²) in [5.74, 6) is -2.02. The molecule has 0 atom stereocenters. The molecule has 3 rings (SSSR count). The van der Waals surface area contributed by atoms with Gasteiger partial charge in [-0.2, -0.15) is 0 Å². The Balaban J connectivity index is 2.08. The molecule has 7 nitrogen and oxygen atoms in total. The van der Waals surface area contributed by atoms with Crippen molar-refractivity contribution in [3.63, 3.8) is 0 Å². The van der Waals surface area contributed by atoms with Crippen molar-refractivity contribution >= 4 is 22.7 Å². The maximum Gasteiger partial charge on any atom is 0.182 e. The van der Waals surface area contributed by atoms with Gasteiger partial charge in [0, 0.05) is 5.56 Å². The molecule has 0 saturated carbocycles. The molecule has 1 aromatic carbocycles. The molecule has 0 spiro atoms. The van der Waals surface area contributed by atoms with Crippen LogP contribution in [-0.2, 0) is 16.1 Å². The summed E-state index contributed by atoms with van der Waals surface area (Å²) in [6.45, 7) is 2.78. The fourth-order valence-corrected chi connectivity index (χ4v) is 2.59. The number of ketones is 2. The first-order valence-corrected chi connectivity index (χ1v) is 7.27. The molecule has 0 bridgehead atoms. The molecule has 0 saturated heterocycles. The van der Waals surface area contributed by atoms with Gasteiger partial charge >= 0.3 is 0 Å². The van der Waals surface area contributed by atoms with Crippen LogP contribution in [0.25, 0.3) is 11.2 Å². The Labute approximate surface area is 136 Å². The van der Waals surface area contributed by atoms with E-state index in [1.165, 1.54) is 30.9 Å². The minimum atomic E-state index is -1.01. The highest BCUT2D eigenvalue weighted by Crippen LogP contribution is 2.22. The SMILES string of the molecule is CC(=O)C(C(C)=O)c1ncnc2c1nnn2Cc1ccccc1F. The van der Waals surface area contributed by atoms with E-state index in [9.17, 15) is 14.0 Å². The second kappa shape index (κ2) is 6.23. The smallest absolute Gasteiger partial charge is 0.182 e. The van der Waals surface area contributed by atoms with E-state index in [0.717, 1.165) is 0 Å². The molecule has 8 heteroatoms. The van der Waals surface area contributed by atoms with Crippen LogP contribution in [0.5, 0.6) is 0 Å². The maximum atomic E-state index is 13.8. The molecule has 0 N–H and O–H groups in total. The predicted octanol–water partition coefficient (Wildman–Crippen LogP) is 1.67. The van der Waals surface area contributed by atoms with Gasteiger partial charge in [0.15, 0.2) is 11.2 Å². The summed E-state index contributed by atoms with van der Waals surface area (Å²) in [5.41, 5.74) is 1.26. The summed E-state index contributed by atoms with van der Waals surface area (Å²) in [6, 6.07) is 6.32. The van der Waals surface area contributed by atoms with Gasteiger partial charge in [-0.15, -0.1) is 5.10 Å². The number of aromatic nitrogens is 5. The molecule has 2 heterocycles. The van der Waals surface area contributed by atoms with E-state index in [1.807, 2.05) is 0 Å². The standard InChI is InChI=1S/C16H14FN5O2/c1-9(23)13(10(2)24)14-15-16(19-8-18-14)22(21-20-15)7-11-5-3-4-6-12(11)17/h3-6,8,13H,7H2,1-2H3. The third-order valence-corrected chi connectivity index (χ3v) is 3.69. The molecular formula is C16H14FN5O2. The molecule has 0 aliphatic heterocycles. The topological polar surface area (TPSA) is 90.6 Å². The van der Waals surface area contributed by atoms with Gasteiger partial charge in [-0.3, -0.25) is 9.59 Å². The van der Waals surface area contributed by atoms with Crippen LogP contribution in [0, 0.1) is 5.82 Å². The van der Waals surface area contributed by atoms with Crippen LogP contribution >= 0.6 is 0 Å². The zero-order valence-corrected chi connectivity index (χ0v) is 13.1. The van der Waals surface area contributed by atoms with Gasteiger partial charge < -0.3 is 0 Å². The Kier molecular flexibility index (Phi) is 4.11. The summed E-state index contributed by atoms with van der Waals surface area (Å²) in [6.07, 6.45) is 1.25. The van der Waals surface area contributed by atoms with Crippen molar-refractivity contribution < 1.29 is 14.0 Å². The molecule has 0 unspecified atom stereocenters. The van der Waals surface area contributed by atoms with Gasteiger partial charge in [0.1, 0.15) is 29.6 Å². The number of fused-ring (bicyclic) bond motifs is 1. The van der Waals surface area contributed by atoms with Crippen LogP contribution in [0.3, 0.4) is 0 Å². The average molecular weight is 327 g/mol. The lowest BCUT2D eigenvalue weighted by molar-refractivity contribution is -0.126. The quantitative estimate of drug-likeness (QED) is 0.662. The number of halogens is 1. The number of benzene rings is 1. The van der Waals surface area contributed by atoms with E-state index in [1.54, 1.807) is 18.2 Å². The van der Waals surface area contributed by atoms with Gasteiger partial charge in [0.25, 0.3) is 0 Å². The molecule has 2 aromatic heterocycles. The molecule has 24 heavy (non-hydrogen) atoms. The van der Waals surface area contributed by atoms with E-state index >= 15 is 0 Å². The summed E-state index contributed by atoms with van der Waals surface area (Å²) < 4.78 is 15.2. The van der Waals surface area contributed by atoms with Crippen molar-refractivity contribution in [1.82, 2.24) is 25.0 Å². The van der Waals surface area contributed by atoms with Crippen LogP contribution in [0.1, 0.15) is 31.0 Å². The first kappa shape index (κ1) is 15.9. The van der Waals surface area contributed by atoms with E-state index in [2.05, 4.69) is 20.3 Å². The van der Waals surface area contributed by atoms with E-state index in [4.69, 9.17) is 0 Å². The highest BCUT2D eigenvalue weighted by atomic mass is 19.1. The molecule has 0 radical (unpaired) electrons. The van der Waals surface area contributed by atoms with Crippen LogP contribution < -0.4 is 0 Å². The van der Waals surface area contributed by atoms with E-state index in [-0.39, 0.29) is 35.1 Å². The van der Waals surface area contributed by atoms with Crippen molar-refractivity contribution in [3.05, 3.63) is 47.7 Å². The van der Waals surface area contributed by atoms with Crippen molar-refractivity contribution in [1.29, 1.82) is 0 Å². The molecular weight excluding hydrogens is 313 g/mol. The first-order valence-electron chi connectivity index (χ1n) is 7.27. The monoisotopic (exact) mass is 327 g/mol. The summed E-state index contributed by atoms with van der Waals surface area (Å²) >= 11 is 0. The summed E-state index contributed by atoms with van der Waals surface area (Å²) in [4.78, 5) is 31.7. The lowest BCUT2D eigenvalue weighted by Gasteiger charge is -2.09. The van der Waals surface area contributed by atoms with E-state index < -0.39 is 5.92 Å². The Morgan fingerprint density at radius 2 is 1.88 bits per heavy atom. The molecule has 122 valence electrons. The van der Waals surface area contributed by atoms with Crippen molar-refractivity contribution in [3.8, 4) is 0 Å². The third kappa shape index (κ3) is 2.78. The van der Waals surface area contributed by atoms with Gasteiger partial charge in [-0.25, -0.2) is 19.0 Å². The largest absolute Gasteiger partial charge is 0.299 e. The minimum absolute atomic E-state index is 0.129. The zero-order valence-electron chi connectivity index (χ0n) is 13.1. The van der Waals surface area contributed by atoms with Crippen LogP contribution in [0.15, 0.2) is 30.6 Å². The first-order chi connectivity index (χ1) is 11.5. The fourth-order valence-electron chi connectivity index (χ4n) is 2.59. The number of carbonyl (C=O) groups excluding carboxylic acids is 2. The molecule has 3 aromatic rings. The number of carbonyl (C=O) groups is 2. The fraction of sp³-hybridized carbons (Fsp3) is 0.250. The van der Waals surface area contributed by atoms with Crippen LogP contribution in [0.2, 0.25) is 0 Å². The number of rotatable bonds is 5. The Morgan fingerprint density at radius 3 is 2.54 bits per heavy atom. The molecule has 0 fully saturated rings. The lowest BCUT2D eigenvalue weighted by Crippen LogP contribution is -2.19. The van der Waals surface area contributed by atoms with Crippen molar-refractivity contribution in [2.24, 2.45) is 0 Å². The van der Waals surface area contributed by atoms with Crippen LogP contribution in [0.4, 0.5) is 4.39 Å². The lowest BCUT2D eigenvalue weighted by atomic mass is 9.96. The second-order valence-electron chi connectivity index (χ2n) is 5.42. The zero-order chi connectivity index (χ0) is 17.3. The van der Waals surface area contributed by atoms with Gasteiger partial charge in [0.2, 0.25) is 0 Å². The number of nitrogens with zero attached hydrogens (tertiary/aromatic N) is 5. The Hall–Kier alpha value is -3.03. The number of hydrogen-bond donors (Lipinski definition) is 0. The normalized spacial score (nSPS) is 11.2. The highest BCUT2D eigenvalue weighted by molar-refractivity contribution is 6.07. The maximum absolute atomic E-state index is 13.8. The third-order valence-electron chi connectivity index (χ3n) is 3.69. The molecule has 0 amide bonds. The Bertz CT molecular complexity index is 923. The van der Waals surface area contributed by atoms with Gasteiger partial charge in [-0.05, 0) is 19.9 Å². The average Bonchev–Trinajstić information content (AvgIpc) is 2.93. The van der Waals surface area contributed by atoms with Crippen molar-refractivity contribution in [2.45, 2.75) is 26.3 Å². The predicted molar refractivity (Wildman–Crippen MR) is 82.7 cm³/mol. The summed E-state index contributed by atoms with van der Waals surface area (Å²) in [5, 5.41) is 7.96. The summed E-state index contributed by atoms with van der Waals surface area (Å²) in [7, 11) is 0. The molecule has 0 aliphatic rings.